The maximum Gasteiger partial charge on any atom is 0.319 e. The molecule has 4 aromatic rings. The number of amides is 3. The quantitative estimate of drug-likeness (QED) is 0.412. The molecule has 0 fully saturated rings. The summed E-state index contributed by atoms with van der Waals surface area (Å²) in [6.07, 6.45) is 8.04. The minimum absolute atomic E-state index is 0.221. The Morgan fingerprint density at radius 2 is 1.81 bits per heavy atom. The number of rotatable bonds is 7. The summed E-state index contributed by atoms with van der Waals surface area (Å²) in [4.78, 5) is 32.6. The van der Waals surface area contributed by atoms with E-state index in [0.29, 0.717) is 23.7 Å². The molecule has 0 bridgehead atoms. The van der Waals surface area contributed by atoms with Crippen molar-refractivity contribution in [2.24, 2.45) is 0 Å². The summed E-state index contributed by atoms with van der Waals surface area (Å²) < 4.78 is 3.13. The fraction of sp³-hybridized carbons (Fsp3) is 0.143. The number of benzene rings is 1. The first-order chi connectivity index (χ1) is 15.6. The minimum atomic E-state index is -0.496. The number of carbonyl (C=O) groups excluding carboxylic acids is 2. The molecule has 0 saturated carbocycles. The van der Waals surface area contributed by atoms with Crippen LogP contribution < -0.4 is 16.0 Å². The molecular formula is C21H21N9O2. The van der Waals surface area contributed by atoms with Gasteiger partial charge in [-0.25, -0.2) is 24.1 Å². The second-order valence-corrected chi connectivity index (χ2v) is 6.90. The highest BCUT2D eigenvalue weighted by atomic mass is 16.2. The first-order valence-corrected chi connectivity index (χ1v) is 9.83. The highest BCUT2D eigenvalue weighted by Gasteiger charge is 2.15. The highest BCUT2D eigenvalue weighted by Crippen LogP contribution is 2.15. The molecule has 3 aromatic heterocycles. The number of pyridine rings is 1. The first-order valence-electron chi connectivity index (χ1n) is 9.83. The lowest BCUT2D eigenvalue weighted by molar-refractivity contribution is -0.119. The normalized spacial score (nSPS) is 11.5. The van der Waals surface area contributed by atoms with Gasteiger partial charge in [-0.2, -0.15) is 10.2 Å². The predicted octanol–water partition coefficient (Wildman–Crippen LogP) is 2.38. The lowest BCUT2D eigenvalue weighted by atomic mass is 10.2. The molecule has 0 aliphatic heterocycles. The summed E-state index contributed by atoms with van der Waals surface area (Å²) in [5.74, 6) is 0.479. The van der Waals surface area contributed by atoms with Crippen LogP contribution in [-0.2, 0) is 11.3 Å². The number of aromatic nitrogens is 6. The topological polar surface area (TPSA) is 132 Å². The molecule has 0 saturated heterocycles. The summed E-state index contributed by atoms with van der Waals surface area (Å²) in [6, 6.07) is 11.5. The van der Waals surface area contributed by atoms with Gasteiger partial charge in [0.15, 0.2) is 5.82 Å². The van der Waals surface area contributed by atoms with E-state index in [4.69, 9.17) is 0 Å². The van der Waals surface area contributed by atoms with Crippen LogP contribution >= 0.6 is 0 Å². The third-order valence-corrected chi connectivity index (χ3v) is 4.62. The molecule has 11 nitrogen and oxygen atoms in total. The van der Waals surface area contributed by atoms with Gasteiger partial charge in [0.25, 0.3) is 0 Å². The predicted molar refractivity (Wildman–Crippen MR) is 117 cm³/mol. The van der Waals surface area contributed by atoms with E-state index in [0.717, 1.165) is 5.56 Å². The third kappa shape index (κ3) is 5.14. The molecule has 162 valence electrons. The van der Waals surface area contributed by atoms with Gasteiger partial charge in [-0.15, -0.1) is 0 Å². The lowest BCUT2D eigenvalue weighted by Gasteiger charge is -2.13. The van der Waals surface area contributed by atoms with E-state index in [9.17, 15) is 9.59 Å². The van der Waals surface area contributed by atoms with E-state index in [1.165, 1.54) is 17.3 Å². The van der Waals surface area contributed by atoms with Crippen LogP contribution in [0.3, 0.4) is 0 Å². The molecule has 0 aliphatic carbocycles. The molecule has 1 aromatic carbocycles. The van der Waals surface area contributed by atoms with Crippen LogP contribution in [0.4, 0.5) is 16.2 Å². The van der Waals surface area contributed by atoms with Crippen LogP contribution in [0.25, 0.3) is 5.82 Å². The van der Waals surface area contributed by atoms with Crippen molar-refractivity contribution in [2.45, 2.75) is 19.5 Å². The third-order valence-electron chi connectivity index (χ3n) is 4.62. The smallest absolute Gasteiger partial charge is 0.319 e. The van der Waals surface area contributed by atoms with Crippen molar-refractivity contribution in [3.05, 3.63) is 79.3 Å². The maximum absolute atomic E-state index is 12.3. The van der Waals surface area contributed by atoms with Crippen LogP contribution in [0.1, 0.15) is 18.5 Å². The maximum atomic E-state index is 12.3. The SMILES string of the molecule is C[C@H](C(=O)Nc1ccc(NC(=O)NCc2ccc(-n3cccn3)nc2)cc1)n1cncn1. The molecule has 3 N–H and O–H groups in total. The van der Waals surface area contributed by atoms with Gasteiger partial charge >= 0.3 is 6.03 Å². The molecular weight excluding hydrogens is 410 g/mol. The monoisotopic (exact) mass is 431 g/mol. The van der Waals surface area contributed by atoms with Crippen LogP contribution in [0.5, 0.6) is 0 Å². The molecule has 11 heteroatoms. The Bertz CT molecular complexity index is 1160. The number of urea groups is 1. The second kappa shape index (κ2) is 9.51. The van der Waals surface area contributed by atoms with Crippen molar-refractivity contribution in [3.8, 4) is 5.82 Å². The largest absolute Gasteiger partial charge is 0.334 e. The van der Waals surface area contributed by atoms with Gasteiger partial charge in [0.05, 0.1) is 0 Å². The Kier molecular flexibility index (Phi) is 6.16. The molecule has 3 amide bonds. The summed E-state index contributed by atoms with van der Waals surface area (Å²) in [6.45, 7) is 2.05. The summed E-state index contributed by atoms with van der Waals surface area (Å²) >= 11 is 0. The Hall–Kier alpha value is -4.54. The molecule has 0 unspecified atom stereocenters. The van der Waals surface area contributed by atoms with Gasteiger partial charge in [0.2, 0.25) is 5.91 Å². The fourth-order valence-corrected chi connectivity index (χ4v) is 2.84. The number of carbonyl (C=O) groups is 2. The summed E-state index contributed by atoms with van der Waals surface area (Å²) in [7, 11) is 0. The zero-order valence-corrected chi connectivity index (χ0v) is 17.2. The summed E-state index contributed by atoms with van der Waals surface area (Å²) in [5, 5.41) is 16.4. The zero-order chi connectivity index (χ0) is 22.3. The number of anilines is 2. The van der Waals surface area contributed by atoms with Crippen molar-refractivity contribution < 1.29 is 9.59 Å². The Morgan fingerprint density at radius 3 is 2.44 bits per heavy atom. The number of nitrogens with zero attached hydrogens (tertiary/aromatic N) is 6. The van der Waals surface area contributed by atoms with Gasteiger partial charge in [0, 0.05) is 36.5 Å². The van der Waals surface area contributed by atoms with Gasteiger partial charge in [-0.3, -0.25) is 4.79 Å². The average Bonchev–Trinajstić information content (AvgIpc) is 3.53. The molecule has 3 heterocycles. The highest BCUT2D eigenvalue weighted by molar-refractivity contribution is 5.94. The molecule has 4 rings (SSSR count). The van der Waals surface area contributed by atoms with E-state index in [2.05, 4.69) is 36.1 Å². The van der Waals surface area contributed by atoms with E-state index < -0.39 is 6.04 Å². The summed E-state index contributed by atoms with van der Waals surface area (Å²) in [5.41, 5.74) is 2.06. The van der Waals surface area contributed by atoms with Gasteiger partial charge < -0.3 is 16.0 Å². The van der Waals surface area contributed by atoms with E-state index in [-0.39, 0.29) is 11.9 Å². The van der Waals surface area contributed by atoms with E-state index >= 15 is 0 Å². The molecule has 1 atom stereocenters. The molecule has 32 heavy (non-hydrogen) atoms. The van der Waals surface area contributed by atoms with E-state index in [1.54, 1.807) is 48.3 Å². The Balaban J connectivity index is 1.25. The van der Waals surface area contributed by atoms with Gasteiger partial charge in [-0.1, -0.05) is 6.07 Å². The molecule has 0 spiro atoms. The van der Waals surface area contributed by atoms with Crippen molar-refractivity contribution in [1.29, 1.82) is 0 Å². The zero-order valence-electron chi connectivity index (χ0n) is 17.2. The molecule has 0 radical (unpaired) electrons. The van der Waals surface area contributed by atoms with Crippen molar-refractivity contribution in [1.82, 2.24) is 34.8 Å². The first kappa shape index (κ1) is 20.7. The number of hydrogen-bond acceptors (Lipinski definition) is 6. The van der Waals surface area contributed by atoms with Crippen molar-refractivity contribution >= 4 is 23.3 Å². The Morgan fingerprint density at radius 1 is 1.03 bits per heavy atom. The number of hydrogen-bond donors (Lipinski definition) is 3. The standard InChI is InChI=1S/C21H21N9O2/c1-15(30-14-22-13-26-30)20(31)27-17-4-6-18(7-5-17)28-21(32)24-12-16-3-8-19(23-11-16)29-10-2-9-25-29/h2-11,13-15H,12H2,1H3,(H,27,31)(H2,24,28,32)/t15-/m1/s1. The second-order valence-electron chi connectivity index (χ2n) is 6.90. The van der Waals surface area contributed by atoms with Crippen molar-refractivity contribution in [2.75, 3.05) is 10.6 Å². The van der Waals surface area contributed by atoms with Crippen LogP contribution in [0, 0.1) is 0 Å². The number of nitrogens with one attached hydrogen (secondary N) is 3. The van der Waals surface area contributed by atoms with Crippen molar-refractivity contribution in [3.63, 3.8) is 0 Å². The molecule has 0 aliphatic rings. The average molecular weight is 431 g/mol. The van der Waals surface area contributed by atoms with Gasteiger partial charge in [0.1, 0.15) is 18.7 Å². The van der Waals surface area contributed by atoms with E-state index in [1.807, 2.05) is 24.4 Å². The van der Waals surface area contributed by atoms with Crippen LogP contribution in [0.15, 0.2) is 73.7 Å². The van der Waals surface area contributed by atoms with Gasteiger partial charge in [-0.05, 0) is 48.9 Å². The lowest BCUT2D eigenvalue weighted by Crippen LogP contribution is -2.28. The van der Waals surface area contributed by atoms with Crippen LogP contribution in [0.2, 0.25) is 0 Å². The van der Waals surface area contributed by atoms with Crippen LogP contribution in [-0.4, -0.2) is 41.5 Å². The Labute approximate surface area is 183 Å². The fourth-order valence-electron chi connectivity index (χ4n) is 2.84. The minimum Gasteiger partial charge on any atom is -0.334 e.